The average Bonchev–Trinajstić information content (AvgIpc) is 3.30. The summed E-state index contributed by atoms with van der Waals surface area (Å²) in [5.74, 6) is -0.334. The quantitative estimate of drug-likeness (QED) is 0.261. The van der Waals surface area contributed by atoms with Crippen LogP contribution >= 0.6 is 11.6 Å². The van der Waals surface area contributed by atoms with E-state index in [0.29, 0.717) is 24.6 Å². The van der Waals surface area contributed by atoms with E-state index in [1.807, 2.05) is 18.2 Å². The minimum absolute atomic E-state index is 0.00870. The molecule has 11 heteroatoms. The number of rotatable bonds is 7. The third kappa shape index (κ3) is 5.43. The molecule has 0 spiro atoms. The number of likely N-dealkylation sites (tertiary alicyclic amines) is 1. The lowest BCUT2D eigenvalue weighted by Gasteiger charge is -2.35. The van der Waals surface area contributed by atoms with E-state index in [1.54, 1.807) is 18.2 Å². The fraction of sp³-hybridized carbons (Fsp3) is 0.375. The number of para-hydroxylation sites is 1. The number of ether oxygens (including phenoxy) is 3. The number of carboxylic acids is 1. The van der Waals surface area contributed by atoms with Gasteiger partial charge in [0.15, 0.2) is 17.6 Å². The van der Waals surface area contributed by atoms with Crippen molar-refractivity contribution in [2.24, 2.45) is 0 Å². The third-order valence-electron chi connectivity index (χ3n) is 8.67. The van der Waals surface area contributed by atoms with Crippen LogP contribution in [0.1, 0.15) is 58.6 Å². The number of piperidine rings is 1. The van der Waals surface area contributed by atoms with E-state index < -0.39 is 23.7 Å². The molecule has 0 saturated carbocycles. The normalized spacial score (nSPS) is 20.7. The molecule has 3 aliphatic rings. The topological polar surface area (TPSA) is 86.0 Å². The Morgan fingerprint density at radius 1 is 1.07 bits per heavy atom. The molecule has 0 bridgehead atoms. The van der Waals surface area contributed by atoms with Gasteiger partial charge in [0.1, 0.15) is 24.1 Å². The van der Waals surface area contributed by atoms with Gasteiger partial charge in [0.25, 0.3) is 0 Å². The summed E-state index contributed by atoms with van der Waals surface area (Å²) < 4.78 is 49.3. The number of benzene rings is 3. The molecule has 8 nitrogen and oxygen atoms in total. The number of fused-ring (bicyclic) bond motifs is 2. The van der Waals surface area contributed by atoms with Gasteiger partial charge in [0.05, 0.1) is 41.4 Å². The van der Waals surface area contributed by atoms with E-state index in [4.69, 9.17) is 30.8 Å². The van der Waals surface area contributed by atoms with E-state index in [9.17, 15) is 18.7 Å². The molecule has 43 heavy (non-hydrogen) atoms. The number of aromatic carboxylic acids is 1. The summed E-state index contributed by atoms with van der Waals surface area (Å²) in [5.41, 5.74) is 2.58. The van der Waals surface area contributed by atoms with Gasteiger partial charge in [-0.2, -0.15) is 0 Å². The van der Waals surface area contributed by atoms with Gasteiger partial charge in [0, 0.05) is 17.2 Å². The highest BCUT2D eigenvalue weighted by Crippen LogP contribution is 2.45. The Balaban J connectivity index is 1.08. The number of hydrogen-bond donors (Lipinski definition) is 1. The van der Waals surface area contributed by atoms with E-state index >= 15 is 0 Å². The second kappa shape index (κ2) is 11.4. The summed E-state index contributed by atoms with van der Waals surface area (Å²) in [7, 11) is 0. The summed E-state index contributed by atoms with van der Waals surface area (Å²) in [6.45, 7) is 3.61. The summed E-state index contributed by atoms with van der Waals surface area (Å²) in [4.78, 5) is 18.8. The van der Waals surface area contributed by atoms with E-state index in [0.717, 1.165) is 73.5 Å². The SMILES string of the molecule is O=C(O)c1ccc2nc(CN3CCC(c4cccc5c4O[C@@H](c4c(F)cc(Cl)cc4F)CO5)CC3)n(C[C@@H]3CCO3)c2c1. The Labute approximate surface area is 251 Å². The molecule has 7 rings (SSSR count). The molecule has 1 N–H and O–H groups in total. The van der Waals surface area contributed by atoms with Crippen LogP contribution in [-0.4, -0.2) is 57.9 Å². The van der Waals surface area contributed by atoms with E-state index in [2.05, 4.69) is 9.47 Å². The van der Waals surface area contributed by atoms with Crippen molar-refractivity contribution in [2.75, 3.05) is 26.3 Å². The molecule has 0 radical (unpaired) electrons. The van der Waals surface area contributed by atoms with Crippen LogP contribution in [0.2, 0.25) is 5.02 Å². The van der Waals surface area contributed by atoms with Crippen LogP contribution in [-0.2, 0) is 17.8 Å². The summed E-state index contributed by atoms with van der Waals surface area (Å²) >= 11 is 5.82. The van der Waals surface area contributed by atoms with Crippen LogP contribution in [0.5, 0.6) is 11.5 Å². The molecule has 0 unspecified atom stereocenters. The Bertz CT molecular complexity index is 1680. The first-order valence-electron chi connectivity index (χ1n) is 14.5. The van der Waals surface area contributed by atoms with Crippen molar-refractivity contribution < 1.29 is 32.9 Å². The summed E-state index contributed by atoms with van der Waals surface area (Å²) in [5, 5.41) is 9.51. The summed E-state index contributed by atoms with van der Waals surface area (Å²) in [6.07, 6.45) is 1.84. The highest BCUT2D eigenvalue weighted by Gasteiger charge is 2.33. The zero-order chi connectivity index (χ0) is 29.7. The average molecular weight is 610 g/mol. The van der Waals surface area contributed by atoms with Gasteiger partial charge in [-0.3, -0.25) is 4.90 Å². The van der Waals surface area contributed by atoms with Crippen LogP contribution in [0.4, 0.5) is 8.78 Å². The Morgan fingerprint density at radius 3 is 2.53 bits per heavy atom. The van der Waals surface area contributed by atoms with Crippen molar-refractivity contribution in [3.05, 3.63) is 87.7 Å². The maximum atomic E-state index is 14.7. The molecule has 2 saturated heterocycles. The standard InChI is InChI=1S/C32H30ClF2N3O5/c33-20-13-23(34)30(24(35)14-20)28-17-42-27-3-1-2-22(31(27)43-28)18-6-9-37(10-7-18)16-29-36-25-5-4-19(32(39)40)12-26(25)38(29)15-21-8-11-41-21/h1-5,12-14,18,21,28H,6-11,15-17H2,(H,39,40)/t21-,28+/m0/s1. The van der Waals surface area contributed by atoms with Crippen LogP contribution in [0, 0.1) is 11.6 Å². The Kier molecular flexibility index (Phi) is 7.44. The molecular formula is C32H30ClF2N3O5. The zero-order valence-corrected chi connectivity index (χ0v) is 24.0. The zero-order valence-electron chi connectivity index (χ0n) is 23.3. The lowest BCUT2D eigenvalue weighted by Crippen LogP contribution is -2.35. The van der Waals surface area contributed by atoms with E-state index in [1.165, 1.54) is 0 Å². The first-order chi connectivity index (χ1) is 20.8. The molecule has 0 amide bonds. The van der Waals surface area contributed by atoms with E-state index in [-0.39, 0.29) is 34.8 Å². The highest BCUT2D eigenvalue weighted by molar-refractivity contribution is 6.30. The van der Waals surface area contributed by atoms with Crippen molar-refractivity contribution >= 4 is 28.6 Å². The first kappa shape index (κ1) is 28.1. The second-order valence-corrected chi connectivity index (χ2v) is 11.8. The third-order valence-corrected chi connectivity index (χ3v) is 8.89. The number of nitrogens with zero attached hydrogens (tertiary/aromatic N) is 3. The van der Waals surface area contributed by atoms with Crippen LogP contribution in [0.3, 0.4) is 0 Å². The van der Waals surface area contributed by atoms with Crippen molar-refractivity contribution in [1.82, 2.24) is 14.5 Å². The van der Waals surface area contributed by atoms with Gasteiger partial charge in [-0.05, 0) is 74.7 Å². The molecule has 4 heterocycles. The fourth-order valence-electron chi connectivity index (χ4n) is 6.30. The maximum absolute atomic E-state index is 14.7. The van der Waals surface area contributed by atoms with Crippen molar-refractivity contribution in [1.29, 1.82) is 0 Å². The van der Waals surface area contributed by atoms with Crippen molar-refractivity contribution in [3.63, 3.8) is 0 Å². The van der Waals surface area contributed by atoms with Crippen molar-refractivity contribution in [2.45, 2.75) is 50.5 Å². The molecule has 0 aliphatic carbocycles. The predicted octanol–water partition coefficient (Wildman–Crippen LogP) is 6.35. The molecule has 3 aliphatic heterocycles. The number of imidazole rings is 1. The predicted molar refractivity (Wildman–Crippen MR) is 155 cm³/mol. The molecule has 4 aromatic rings. The Morgan fingerprint density at radius 2 is 1.84 bits per heavy atom. The fourth-order valence-corrected chi connectivity index (χ4v) is 6.49. The summed E-state index contributed by atoms with van der Waals surface area (Å²) in [6, 6.07) is 12.9. The highest BCUT2D eigenvalue weighted by atomic mass is 35.5. The lowest BCUT2D eigenvalue weighted by molar-refractivity contribution is -0.0592. The van der Waals surface area contributed by atoms with Gasteiger partial charge >= 0.3 is 5.97 Å². The maximum Gasteiger partial charge on any atom is 0.335 e. The van der Waals surface area contributed by atoms with Crippen LogP contribution < -0.4 is 9.47 Å². The van der Waals surface area contributed by atoms with Gasteiger partial charge in [-0.15, -0.1) is 0 Å². The van der Waals surface area contributed by atoms with Gasteiger partial charge in [-0.25, -0.2) is 18.6 Å². The lowest BCUT2D eigenvalue weighted by atomic mass is 9.88. The monoisotopic (exact) mass is 609 g/mol. The smallest absolute Gasteiger partial charge is 0.335 e. The van der Waals surface area contributed by atoms with Gasteiger partial charge in [0.2, 0.25) is 0 Å². The molecule has 224 valence electrons. The first-order valence-corrected chi connectivity index (χ1v) is 14.8. The van der Waals surface area contributed by atoms with Crippen LogP contribution in [0.25, 0.3) is 11.0 Å². The number of halogens is 3. The molecule has 2 fully saturated rings. The van der Waals surface area contributed by atoms with Gasteiger partial charge < -0.3 is 23.9 Å². The molecule has 3 aromatic carbocycles. The molecule has 1 aromatic heterocycles. The molecule has 2 atom stereocenters. The Hall–Kier alpha value is -3.73. The number of carbonyl (C=O) groups is 1. The number of carboxylic acid groups (broad SMARTS) is 1. The minimum atomic E-state index is -0.967. The van der Waals surface area contributed by atoms with Crippen molar-refractivity contribution in [3.8, 4) is 11.5 Å². The van der Waals surface area contributed by atoms with Gasteiger partial charge in [-0.1, -0.05) is 23.7 Å². The molecular weight excluding hydrogens is 580 g/mol. The number of hydrogen-bond acceptors (Lipinski definition) is 6. The largest absolute Gasteiger partial charge is 0.485 e. The second-order valence-electron chi connectivity index (χ2n) is 11.4. The minimum Gasteiger partial charge on any atom is -0.485 e. The number of aromatic nitrogens is 2. The van der Waals surface area contributed by atoms with Crippen LogP contribution in [0.15, 0.2) is 48.5 Å².